The minimum absolute atomic E-state index is 0.303. The van der Waals surface area contributed by atoms with E-state index in [0.29, 0.717) is 30.0 Å². The highest BCUT2D eigenvalue weighted by molar-refractivity contribution is 5.98. The van der Waals surface area contributed by atoms with Crippen molar-refractivity contribution in [1.29, 1.82) is 0 Å². The molecule has 3 rings (SSSR count). The smallest absolute Gasteiger partial charge is 0.256 e. The number of carbonyl (C=O) groups excluding carboxylic acids is 1. The lowest BCUT2D eigenvalue weighted by atomic mass is 10.0. The molecule has 2 aromatic rings. The monoisotopic (exact) mass is 316 g/mol. The number of carbonyl (C=O) groups is 1. The van der Waals surface area contributed by atoms with Gasteiger partial charge in [0.15, 0.2) is 6.10 Å². The molecule has 1 saturated heterocycles. The zero-order chi connectivity index (χ0) is 16.2. The zero-order valence-electron chi connectivity index (χ0n) is 12.7. The van der Waals surface area contributed by atoms with Crippen LogP contribution in [0.4, 0.5) is 10.1 Å². The maximum absolute atomic E-state index is 13.4. The van der Waals surface area contributed by atoms with Crippen molar-refractivity contribution in [2.45, 2.75) is 19.1 Å². The van der Waals surface area contributed by atoms with E-state index in [1.807, 2.05) is 0 Å². The van der Waals surface area contributed by atoms with Gasteiger partial charge in [-0.15, -0.1) is 0 Å². The summed E-state index contributed by atoms with van der Waals surface area (Å²) in [6.07, 6.45) is 2.13. The van der Waals surface area contributed by atoms with E-state index in [1.54, 1.807) is 31.3 Å². The summed E-state index contributed by atoms with van der Waals surface area (Å²) in [6.45, 7) is 2.65. The lowest BCUT2D eigenvalue weighted by molar-refractivity contribution is -0.157. The van der Waals surface area contributed by atoms with Crippen LogP contribution in [0.25, 0.3) is 11.1 Å². The van der Waals surface area contributed by atoms with Crippen molar-refractivity contribution >= 4 is 11.6 Å². The average Bonchev–Trinajstić information content (AvgIpc) is 2.55. The number of anilines is 1. The molecule has 120 valence electrons. The highest BCUT2D eigenvalue weighted by atomic mass is 19.1. The molecule has 1 aliphatic rings. The number of rotatable bonds is 3. The summed E-state index contributed by atoms with van der Waals surface area (Å²) in [5.41, 5.74) is 1.86. The van der Waals surface area contributed by atoms with Gasteiger partial charge >= 0.3 is 0 Å². The van der Waals surface area contributed by atoms with Crippen LogP contribution in [0.5, 0.6) is 0 Å². The Hall–Kier alpha value is -2.31. The predicted molar refractivity (Wildman–Crippen MR) is 83.4 cm³/mol. The van der Waals surface area contributed by atoms with Crippen LogP contribution in [-0.2, 0) is 14.3 Å². The first-order valence-electron chi connectivity index (χ1n) is 7.39. The lowest BCUT2D eigenvalue weighted by Crippen LogP contribution is -2.44. The summed E-state index contributed by atoms with van der Waals surface area (Å²) < 4.78 is 24.3. The molecule has 0 radical (unpaired) electrons. The summed E-state index contributed by atoms with van der Waals surface area (Å²) >= 11 is 0. The van der Waals surface area contributed by atoms with Crippen LogP contribution in [0, 0.1) is 5.82 Å². The third-order valence-corrected chi connectivity index (χ3v) is 3.66. The number of benzene rings is 1. The van der Waals surface area contributed by atoms with E-state index in [-0.39, 0.29) is 17.8 Å². The lowest BCUT2D eigenvalue weighted by Gasteiger charge is -2.28. The Morgan fingerprint density at radius 2 is 2.13 bits per heavy atom. The zero-order valence-corrected chi connectivity index (χ0v) is 12.7. The van der Waals surface area contributed by atoms with Crippen molar-refractivity contribution in [3.05, 3.63) is 48.5 Å². The average molecular weight is 316 g/mol. The SMILES string of the molecule is C[C@@H]1OCCO[C@@H]1C(=O)Nc1cnccc1-c1cccc(F)c1. The second-order valence-corrected chi connectivity index (χ2v) is 5.29. The fraction of sp³-hybridized carbons (Fsp3) is 0.294. The number of halogens is 1. The number of aromatic nitrogens is 1. The van der Waals surface area contributed by atoms with Gasteiger partial charge in [-0.05, 0) is 30.7 Å². The molecule has 0 bridgehead atoms. The van der Waals surface area contributed by atoms with Crippen LogP contribution in [0.1, 0.15) is 6.92 Å². The van der Waals surface area contributed by atoms with E-state index < -0.39 is 6.10 Å². The summed E-state index contributed by atoms with van der Waals surface area (Å²) in [7, 11) is 0. The van der Waals surface area contributed by atoms with Gasteiger partial charge in [0, 0.05) is 11.8 Å². The second-order valence-electron chi connectivity index (χ2n) is 5.29. The van der Waals surface area contributed by atoms with E-state index in [4.69, 9.17) is 9.47 Å². The molecule has 0 saturated carbocycles. The van der Waals surface area contributed by atoms with Gasteiger partial charge in [0.25, 0.3) is 5.91 Å². The van der Waals surface area contributed by atoms with Gasteiger partial charge in [-0.1, -0.05) is 12.1 Å². The molecular weight excluding hydrogens is 299 g/mol. The highest BCUT2D eigenvalue weighted by Crippen LogP contribution is 2.28. The van der Waals surface area contributed by atoms with Crippen molar-refractivity contribution in [2.75, 3.05) is 18.5 Å². The van der Waals surface area contributed by atoms with Crippen molar-refractivity contribution in [3.63, 3.8) is 0 Å². The van der Waals surface area contributed by atoms with Gasteiger partial charge in [-0.25, -0.2) is 4.39 Å². The second kappa shape index (κ2) is 6.85. The fourth-order valence-electron chi connectivity index (χ4n) is 2.53. The Kier molecular flexibility index (Phi) is 4.64. The molecule has 6 heteroatoms. The van der Waals surface area contributed by atoms with Gasteiger partial charge in [0.05, 0.1) is 31.2 Å². The van der Waals surface area contributed by atoms with Crippen LogP contribution in [0.2, 0.25) is 0 Å². The maximum atomic E-state index is 13.4. The fourth-order valence-corrected chi connectivity index (χ4v) is 2.53. The van der Waals surface area contributed by atoms with Crippen molar-refractivity contribution in [2.24, 2.45) is 0 Å². The molecule has 5 nitrogen and oxygen atoms in total. The van der Waals surface area contributed by atoms with Gasteiger partial charge < -0.3 is 14.8 Å². The number of hydrogen-bond acceptors (Lipinski definition) is 4. The topological polar surface area (TPSA) is 60.5 Å². The molecule has 1 N–H and O–H groups in total. The van der Waals surface area contributed by atoms with Gasteiger partial charge in [-0.3, -0.25) is 9.78 Å². The molecular formula is C17H17FN2O3. The van der Waals surface area contributed by atoms with Gasteiger partial charge in [0.2, 0.25) is 0 Å². The van der Waals surface area contributed by atoms with Gasteiger partial charge in [-0.2, -0.15) is 0 Å². The molecule has 1 fully saturated rings. The van der Waals surface area contributed by atoms with Crippen LogP contribution in [0.15, 0.2) is 42.7 Å². The number of pyridine rings is 1. The minimum Gasteiger partial charge on any atom is -0.373 e. The Labute approximate surface area is 133 Å². The molecule has 0 unspecified atom stereocenters. The molecule has 1 aromatic heterocycles. The molecule has 2 atom stereocenters. The normalized spacial score (nSPS) is 21.0. The number of nitrogens with zero attached hydrogens (tertiary/aromatic N) is 1. The molecule has 23 heavy (non-hydrogen) atoms. The molecule has 1 aromatic carbocycles. The Balaban J connectivity index is 1.85. The van der Waals surface area contributed by atoms with Crippen molar-refractivity contribution in [1.82, 2.24) is 4.98 Å². The van der Waals surface area contributed by atoms with E-state index in [9.17, 15) is 9.18 Å². The van der Waals surface area contributed by atoms with E-state index in [2.05, 4.69) is 10.3 Å². The van der Waals surface area contributed by atoms with Crippen LogP contribution in [0.3, 0.4) is 0 Å². The summed E-state index contributed by atoms with van der Waals surface area (Å²) in [6, 6.07) is 7.91. The maximum Gasteiger partial charge on any atom is 0.256 e. The summed E-state index contributed by atoms with van der Waals surface area (Å²) in [4.78, 5) is 16.4. The third-order valence-electron chi connectivity index (χ3n) is 3.66. The molecule has 1 amide bonds. The highest BCUT2D eigenvalue weighted by Gasteiger charge is 2.30. The van der Waals surface area contributed by atoms with E-state index in [0.717, 1.165) is 0 Å². The Morgan fingerprint density at radius 1 is 1.30 bits per heavy atom. The first-order valence-corrected chi connectivity index (χ1v) is 7.39. The quantitative estimate of drug-likeness (QED) is 0.945. The van der Waals surface area contributed by atoms with Crippen molar-refractivity contribution in [3.8, 4) is 11.1 Å². The third kappa shape index (κ3) is 3.55. The number of nitrogens with one attached hydrogen (secondary N) is 1. The first kappa shape index (κ1) is 15.6. The molecule has 2 heterocycles. The van der Waals surface area contributed by atoms with Gasteiger partial charge in [0.1, 0.15) is 5.82 Å². The van der Waals surface area contributed by atoms with Crippen LogP contribution in [-0.4, -0.2) is 36.3 Å². The Bertz CT molecular complexity index is 708. The first-order chi connectivity index (χ1) is 11.1. The minimum atomic E-state index is -0.677. The number of ether oxygens (including phenoxy) is 2. The Morgan fingerprint density at radius 3 is 2.91 bits per heavy atom. The van der Waals surface area contributed by atoms with Crippen LogP contribution >= 0.6 is 0 Å². The molecule has 1 aliphatic heterocycles. The predicted octanol–water partition coefficient (Wildman–Crippen LogP) is 2.63. The largest absolute Gasteiger partial charge is 0.373 e. The number of amides is 1. The molecule has 0 aliphatic carbocycles. The summed E-state index contributed by atoms with van der Waals surface area (Å²) in [5, 5.41) is 2.80. The van der Waals surface area contributed by atoms with E-state index >= 15 is 0 Å². The molecule has 0 spiro atoms. The summed E-state index contributed by atoms with van der Waals surface area (Å²) in [5.74, 6) is -0.642. The number of hydrogen-bond donors (Lipinski definition) is 1. The van der Waals surface area contributed by atoms with E-state index in [1.165, 1.54) is 18.3 Å². The van der Waals surface area contributed by atoms with Crippen molar-refractivity contribution < 1.29 is 18.7 Å². The van der Waals surface area contributed by atoms with Crippen LogP contribution < -0.4 is 5.32 Å². The standard InChI is InChI=1S/C17H17FN2O3/c1-11-16(23-8-7-22-11)17(21)20-15-10-19-6-5-14(15)12-3-2-4-13(18)9-12/h2-6,9-11,16H,7-8H2,1H3,(H,20,21)/t11-,16-/m0/s1.